The highest BCUT2D eigenvalue weighted by Crippen LogP contribution is 2.35. The molecule has 3 aromatic heterocycles. The smallest absolute Gasteiger partial charge is 0.317 e. The molecule has 0 saturated carbocycles. The van der Waals surface area contributed by atoms with Crippen molar-refractivity contribution in [3.63, 3.8) is 0 Å². The number of pyridine rings is 1. The highest BCUT2D eigenvalue weighted by Gasteiger charge is 2.25. The molecule has 0 aliphatic carbocycles. The molecule has 0 bridgehead atoms. The maximum atomic E-state index is 13.3. The molecule has 0 radical (unpaired) electrons. The number of piperidine rings is 1. The molecule has 0 spiro atoms. The molecule has 5 rings (SSSR count). The third kappa shape index (κ3) is 3.22. The average molecular weight is 401 g/mol. The van der Waals surface area contributed by atoms with E-state index in [9.17, 15) is 4.79 Å². The Morgan fingerprint density at radius 1 is 1.03 bits per heavy atom. The van der Waals surface area contributed by atoms with Crippen molar-refractivity contribution in [2.75, 3.05) is 18.0 Å². The topological polar surface area (TPSA) is 75.5 Å². The fraction of sp³-hybridized carbons (Fsp3) is 0.261. The van der Waals surface area contributed by atoms with Crippen molar-refractivity contribution < 1.29 is 4.74 Å². The molecule has 152 valence electrons. The predicted molar refractivity (Wildman–Crippen MR) is 116 cm³/mol. The van der Waals surface area contributed by atoms with E-state index in [2.05, 4.69) is 14.9 Å². The zero-order chi connectivity index (χ0) is 20.5. The third-order valence-electron chi connectivity index (χ3n) is 5.47. The number of nitrogens with one attached hydrogen (secondary N) is 1. The normalized spacial score (nSPS) is 14.2. The van der Waals surface area contributed by atoms with Gasteiger partial charge in [-0.3, -0.25) is 9.78 Å². The summed E-state index contributed by atoms with van der Waals surface area (Å²) in [6.45, 7) is 3.76. The van der Waals surface area contributed by atoms with E-state index in [-0.39, 0.29) is 11.3 Å². The first-order valence-electron chi connectivity index (χ1n) is 10.3. The maximum absolute atomic E-state index is 13.3. The Bertz CT molecular complexity index is 1230. The SMILES string of the molecule is Cc1[nH]c2c(N3CCCCC3)c(-c3ccccc3)nn2c(=O)c1Oc1cccnc1. The number of anilines is 1. The van der Waals surface area contributed by atoms with Gasteiger partial charge in [0.25, 0.3) is 0 Å². The summed E-state index contributed by atoms with van der Waals surface area (Å²) >= 11 is 0. The van der Waals surface area contributed by atoms with Crippen LogP contribution in [0.15, 0.2) is 59.7 Å². The molecule has 7 nitrogen and oxygen atoms in total. The lowest BCUT2D eigenvalue weighted by Crippen LogP contribution is -2.30. The van der Waals surface area contributed by atoms with E-state index >= 15 is 0 Å². The van der Waals surface area contributed by atoms with Crippen LogP contribution in [0.3, 0.4) is 0 Å². The zero-order valence-electron chi connectivity index (χ0n) is 16.8. The summed E-state index contributed by atoms with van der Waals surface area (Å²) in [7, 11) is 0. The van der Waals surface area contributed by atoms with Crippen LogP contribution in [-0.2, 0) is 0 Å². The van der Waals surface area contributed by atoms with E-state index in [4.69, 9.17) is 9.84 Å². The van der Waals surface area contributed by atoms with Crippen molar-refractivity contribution >= 4 is 11.3 Å². The van der Waals surface area contributed by atoms with Gasteiger partial charge in [-0.2, -0.15) is 9.61 Å². The van der Waals surface area contributed by atoms with E-state index in [1.807, 2.05) is 37.3 Å². The van der Waals surface area contributed by atoms with Gasteiger partial charge in [0.2, 0.25) is 5.75 Å². The number of aromatic amines is 1. The van der Waals surface area contributed by atoms with E-state index in [1.165, 1.54) is 10.9 Å². The summed E-state index contributed by atoms with van der Waals surface area (Å²) < 4.78 is 7.30. The Kier molecular flexibility index (Phi) is 4.71. The second kappa shape index (κ2) is 7.67. The Morgan fingerprint density at radius 2 is 1.83 bits per heavy atom. The number of H-pyrrole nitrogens is 1. The molecule has 4 aromatic rings. The van der Waals surface area contributed by atoms with Gasteiger partial charge in [0, 0.05) is 24.8 Å². The summed E-state index contributed by atoms with van der Waals surface area (Å²) in [4.78, 5) is 23.1. The Labute approximate surface area is 174 Å². The molecule has 7 heteroatoms. The maximum Gasteiger partial charge on any atom is 0.317 e. The first-order valence-corrected chi connectivity index (χ1v) is 10.3. The standard InChI is InChI=1S/C23H23N5O2/c1-16-21(30-18-11-8-12-24-15-18)23(29)28-22(25-16)20(27-13-6-3-7-14-27)19(26-28)17-9-4-2-5-10-17/h2,4-5,8-12,15,25H,3,6-7,13-14H2,1H3. The number of fused-ring (bicyclic) bond motifs is 1. The number of hydrogen-bond acceptors (Lipinski definition) is 5. The van der Waals surface area contributed by atoms with Crippen molar-refractivity contribution in [2.45, 2.75) is 26.2 Å². The van der Waals surface area contributed by atoms with Gasteiger partial charge in [-0.25, -0.2) is 0 Å². The van der Waals surface area contributed by atoms with E-state index in [0.717, 1.165) is 42.9 Å². The molecule has 1 saturated heterocycles. The van der Waals surface area contributed by atoms with Gasteiger partial charge in [0.05, 0.1) is 11.9 Å². The van der Waals surface area contributed by atoms with Crippen LogP contribution in [0.25, 0.3) is 16.9 Å². The highest BCUT2D eigenvalue weighted by molar-refractivity contribution is 5.86. The van der Waals surface area contributed by atoms with Crippen LogP contribution < -0.4 is 15.2 Å². The molecule has 1 N–H and O–H groups in total. The molecule has 0 amide bonds. The average Bonchev–Trinajstić information content (AvgIpc) is 3.18. The Hall–Kier alpha value is -3.61. The number of rotatable bonds is 4. The summed E-state index contributed by atoms with van der Waals surface area (Å²) in [5, 5.41) is 4.74. The van der Waals surface area contributed by atoms with Gasteiger partial charge in [0.1, 0.15) is 17.1 Å². The minimum atomic E-state index is -0.287. The summed E-state index contributed by atoms with van der Waals surface area (Å²) in [6.07, 6.45) is 6.75. The minimum Gasteiger partial charge on any atom is -0.448 e. The number of aromatic nitrogens is 4. The molecule has 4 heterocycles. The van der Waals surface area contributed by atoms with Crippen LogP contribution in [0.1, 0.15) is 25.0 Å². The van der Waals surface area contributed by atoms with Gasteiger partial charge >= 0.3 is 5.56 Å². The predicted octanol–water partition coefficient (Wildman–Crippen LogP) is 4.18. The summed E-state index contributed by atoms with van der Waals surface area (Å²) in [6, 6.07) is 13.6. The largest absolute Gasteiger partial charge is 0.448 e. The van der Waals surface area contributed by atoms with Gasteiger partial charge in [-0.05, 0) is 38.3 Å². The number of ether oxygens (including phenoxy) is 1. The lowest BCUT2D eigenvalue weighted by atomic mass is 10.1. The zero-order valence-corrected chi connectivity index (χ0v) is 16.8. The van der Waals surface area contributed by atoms with Crippen LogP contribution in [0, 0.1) is 6.92 Å². The minimum absolute atomic E-state index is 0.225. The van der Waals surface area contributed by atoms with Crippen molar-refractivity contribution in [3.05, 3.63) is 70.9 Å². The third-order valence-corrected chi connectivity index (χ3v) is 5.47. The van der Waals surface area contributed by atoms with Crippen LogP contribution in [0.5, 0.6) is 11.5 Å². The van der Waals surface area contributed by atoms with Crippen LogP contribution in [0.4, 0.5) is 5.69 Å². The molecular formula is C23H23N5O2. The first-order chi connectivity index (χ1) is 14.7. The van der Waals surface area contributed by atoms with Crippen molar-refractivity contribution in [1.82, 2.24) is 19.6 Å². The van der Waals surface area contributed by atoms with Crippen molar-refractivity contribution in [2.24, 2.45) is 0 Å². The number of hydrogen-bond donors (Lipinski definition) is 1. The quantitative estimate of drug-likeness (QED) is 0.555. The summed E-state index contributed by atoms with van der Waals surface area (Å²) in [5.41, 5.74) is 3.86. The van der Waals surface area contributed by atoms with Gasteiger partial charge < -0.3 is 14.6 Å². The van der Waals surface area contributed by atoms with Crippen LogP contribution in [-0.4, -0.2) is 32.7 Å². The number of nitrogens with zero attached hydrogens (tertiary/aromatic N) is 4. The van der Waals surface area contributed by atoms with E-state index in [1.54, 1.807) is 24.5 Å². The molecule has 1 aromatic carbocycles. The van der Waals surface area contributed by atoms with Gasteiger partial charge in [-0.1, -0.05) is 30.3 Å². The van der Waals surface area contributed by atoms with Crippen LogP contribution >= 0.6 is 0 Å². The number of aryl methyl sites for hydroxylation is 1. The van der Waals surface area contributed by atoms with Gasteiger partial charge in [-0.15, -0.1) is 0 Å². The molecule has 1 aliphatic heterocycles. The molecular weight excluding hydrogens is 378 g/mol. The fourth-order valence-corrected chi connectivity index (χ4v) is 4.01. The first kappa shape index (κ1) is 18.4. The van der Waals surface area contributed by atoms with Crippen molar-refractivity contribution in [1.29, 1.82) is 0 Å². The molecule has 1 aliphatic rings. The monoisotopic (exact) mass is 401 g/mol. The van der Waals surface area contributed by atoms with E-state index in [0.29, 0.717) is 17.1 Å². The molecule has 1 fully saturated rings. The highest BCUT2D eigenvalue weighted by atomic mass is 16.5. The molecule has 30 heavy (non-hydrogen) atoms. The molecule has 0 atom stereocenters. The Balaban J connectivity index is 1.71. The Morgan fingerprint density at radius 3 is 2.57 bits per heavy atom. The molecule has 0 unspecified atom stereocenters. The number of benzene rings is 1. The second-order valence-corrected chi connectivity index (χ2v) is 7.55. The van der Waals surface area contributed by atoms with Crippen molar-refractivity contribution in [3.8, 4) is 22.8 Å². The second-order valence-electron chi connectivity index (χ2n) is 7.55. The fourth-order valence-electron chi connectivity index (χ4n) is 4.01. The summed E-state index contributed by atoms with van der Waals surface area (Å²) in [5.74, 6) is 0.736. The van der Waals surface area contributed by atoms with Crippen LogP contribution in [0.2, 0.25) is 0 Å². The van der Waals surface area contributed by atoms with Gasteiger partial charge in [0.15, 0.2) is 5.65 Å². The van der Waals surface area contributed by atoms with E-state index < -0.39 is 0 Å². The lowest BCUT2D eigenvalue weighted by molar-refractivity contribution is 0.462. The lowest BCUT2D eigenvalue weighted by Gasteiger charge is -2.28.